The number of anilines is 2. The first kappa shape index (κ1) is 23.4. The molecule has 0 spiro atoms. The quantitative estimate of drug-likeness (QED) is 0.513. The van der Waals surface area contributed by atoms with Gasteiger partial charge in [-0.3, -0.25) is 0 Å². The molecule has 2 aliphatic heterocycles. The summed E-state index contributed by atoms with van der Waals surface area (Å²) in [6.45, 7) is 6.18. The average Bonchev–Trinajstić information content (AvgIpc) is 3.53. The molecule has 2 aromatic heterocycles. The number of rotatable bonds is 7. The van der Waals surface area contributed by atoms with Crippen LogP contribution in [0, 0.1) is 5.82 Å². The molecule has 0 amide bonds. The molecule has 7 nitrogen and oxygen atoms in total. The number of nitrogens with two attached hydrogens (primary N) is 1. The van der Waals surface area contributed by atoms with Crippen LogP contribution in [0.4, 0.5) is 16.0 Å². The summed E-state index contributed by atoms with van der Waals surface area (Å²) in [5.41, 5.74) is 9.17. The summed E-state index contributed by atoms with van der Waals surface area (Å²) in [5, 5.41) is 0. The summed E-state index contributed by atoms with van der Waals surface area (Å²) >= 11 is 0. The lowest BCUT2D eigenvalue weighted by atomic mass is 9.80. The number of halogens is 1. The summed E-state index contributed by atoms with van der Waals surface area (Å²) in [5.74, 6) is 3.45. The molecule has 0 atom stereocenters. The third-order valence-corrected chi connectivity index (χ3v) is 8.35. The first-order chi connectivity index (χ1) is 17.7. The van der Waals surface area contributed by atoms with Gasteiger partial charge in [0, 0.05) is 49.4 Å². The van der Waals surface area contributed by atoms with E-state index in [9.17, 15) is 4.39 Å². The Balaban J connectivity index is 1.22. The number of hydrogen-bond acceptors (Lipinski definition) is 6. The highest BCUT2D eigenvalue weighted by Gasteiger charge is 2.31. The van der Waals surface area contributed by atoms with Crippen LogP contribution < -0.4 is 10.6 Å². The van der Waals surface area contributed by atoms with E-state index in [0.29, 0.717) is 17.7 Å². The Morgan fingerprint density at radius 3 is 2.44 bits per heavy atom. The number of aromatic nitrogens is 4. The van der Waals surface area contributed by atoms with Crippen molar-refractivity contribution in [3.8, 4) is 11.3 Å². The second-order valence-electron chi connectivity index (χ2n) is 10.6. The predicted molar refractivity (Wildman–Crippen MR) is 141 cm³/mol. The molecule has 3 fully saturated rings. The van der Waals surface area contributed by atoms with Crippen molar-refractivity contribution in [3.63, 3.8) is 0 Å². The van der Waals surface area contributed by atoms with E-state index >= 15 is 0 Å². The standard InChI is InChI=1S/C28H36FN7/c29-23-8-4-7-22(17-23)24-18-36(16-15-34-11-1-2-12-34)27(33-24)21-9-13-35(14-10-21)28-25(20-5-3-6-20)26(30)31-19-32-28/h4,7-8,17-21H,1-3,5-6,9-16H2,(H2,30,31,32). The van der Waals surface area contributed by atoms with E-state index in [2.05, 4.69) is 30.5 Å². The molecule has 1 aromatic carbocycles. The van der Waals surface area contributed by atoms with Gasteiger partial charge in [0.05, 0.1) is 5.69 Å². The highest BCUT2D eigenvalue weighted by atomic mass is 19.1. The normalized spacial score (nSPS) is 19.6. The van der Waals surface area contributed by atoms with E-state index in [4.69, 9.17) is 10.7 Å². The van der Waals surface area contributed by atoms with Crippen LogP contribution in [0.25, 0.3) is 11.3 Å². The number of benzene rings is 1. The van der Waals surface area contributed by atoms with Gasteiger partial charge in [0.1, 0.15) is 29.6 Å². The van der Waals surface area contributed by atoms with Crippen LogP contribution in [0.5, 0.6) is 0 Å². The van der Waals surface area contributed by atoms with Crippen LogP contribution in [-0.4, -0.2) is 57.1 Å². The number of nitrogen functional groups attached to an aromatic ring is 1. The third kappa shape index (κ3) is 4.71. The molecule has 1 saturated carbocycles. The van der Waals surface area contributed by atoms with Crippen molar-refractivity contribution in [2.45, 2.75) is 63.3 Å². The van der Waals surface area contributed by atoms with Crippen LogP contribution >= 0.6 is 0 Å². The third-order valence-electron chi connectivity index (χ3n) is 8.35. The van der Waals surface area contributed by atoms with Gasteiger partial charge in [0.25, 0.3) is 0 Å². The molecular formula is C28H36FN7. The smallest absolute Gasteiger partial charge is 0.137 e. The van der Waals surface area contributed by atoms with E-state index in [-0.39, 0.29) is 5.82 Å². The zero-order valence-electron chi connectivity index (χ0n) is 20.9. The molecule has 8 heteroatoms. The minimum atomic E-state index is -0.222. The molecule has 1 aliphatic carbocycles. The lowest BCUT2D eigenvalue weighted by Crippen LogP contribution is -2.36. The van der Waals surface area contributed by atoms with Crippen LogP contribution in [0.3, 0.4) is 0 Å². The Hall–Kier alpha value is -3.00. The first-order valence-corrected chi connectivity index (χ1v) is 13.6. The summed E-state index contributed by atoms with van der Waals surface area (Å²) in [6.07, 6.45) is 12.0. The zero-order valence-corrected chi connectivity index (χ0v) is 20.9. The molecule has 2 saturated heterocycles. The van der Waals surface area contributed by atoms with E-state index in [1.54, 1.807) is 18.5 Å². The van der Waals surface area contributed by atoms with E-state index in [1.165, 1.54) is 51.3 Å². The lowest BCUT2D eigenvalue weighted by molar-refractivity contribution is 0.317. The van der Waals surface area contributed by atoms with E-state index in [0.717, 1.165) is 67.5 Å². The Morgan fingerprint density at radius 1 is 0.917 bits per heavy atom. The minimum absolute atomic E-state index is 0.222. The van der Waals surface area contributed by atoms with Gasteiger partial charge in [-0.25, -0.2) is 19.3 Å². The minimum Gasteiger partial charge on any atom is -0.383 e. The topological polar surface area (TPSA) is 76.1 Å². The fraction of sp³-hybridized carbons (Fsp3) is 0.536. The number of hydrogen-bond donors (Lipinski definition) is 1. The summed E-state index contributed by atoms with van der Waals surface area (Å²) in [7, 11) is 0. The van der Waals surface area contributed by atoms with Gasteiger partial charge >= 0.3 is 0 Å². The Kier molecular flexibility index (Phi) is 6.61. The van der Waals surface area contributed by atoms with Gasteiger partial charge in [0.15, 0.2) is 0 Å². The first-order valence-electron chi connectivity index (χ1n) is 13.6. The monoisotopic (exact) mass is 489 g/mol. The zero-order chi connectivity index (χ0) is 24.5. The number of likely N-dealkylation sites (tertiary alicyclic amines) is 1. The van der Waals surface area contributed by atoms with Crippen molar-refractivity contribution in [1.82, 2.24) is 24.4 Å². The van der Waals surface area contributed by atoms with Gasteiger partial charge in [-0.05, 0) is 69.7 Å². The van der Waals surface area contributed by atoms with Crippen LogP contribution in [-0.2, 0) is 6.54 Å². The molecule has 4 heterocycles. The van der Waals surface area contributed by atoms with E-state index in [1.807, 2.05) is 6.07 Å². The largest absolute Gasteiger partial charge is 0.383 e. The predicted octanol–water partition coefficient (Wildman–Crippen LogP) is 4.81. The van der Waals surface area contributed by atoms with Crippen molar-refractivity contribution < 1.29 is 4.39 Å². The van der Waals surface area contributed by atoms with Crippen LogP contribution in [0.1, 0.15) is 68.2 Å². The summed E-state index contributed by atoms with van der Waals surface area (Å²) in [6, 6.07) is 6.78. The second-order valence-corrected chi connectivity index (χ2v) is 10.6. The van der Waals surface area contributed by atoms with Crippen molar-refractivity contribution in [2.75, 3.05) is 43.4 Å². The summed E-state index contributed by atoms with van der Waals surface area (Å²) in [4.78, 5) is 19.0. The fourth-order valence-corrected chi connectivity index (χ4v) is 6.07. The highest BCUT2D eigenvalue weighted by molar-refractivity contribution is 5.60. The van der Waals surface area contributed by atoms with Gasteiger partial charge in [-0.15, -0.1) is 0 Å². The maximum atomic E-state index is 14.0. The molecular weight excluding hydrogens is 453 g/mol. The molecule has 0 unspecified atom stereocenters. The Bertz CT molecular complexity index is 1190. The molecule has 0 bridgehead atoms. The highest BCUT2D eigenvalue weighted by Crippen LogP contribution is 2.43. The van der Waals surface area contributed by atoms with Gasteiger partial charge < -0.3 is 20.1 Å². The molecule has 2 N–H and O–H groups in total. The van der Waals surface area contributed by atoms with Gasteiger partial charge in [-0.1, -0.05) is 18.6 Å². The second kappa shape index (κ2) is 10.2. The SMILES string of the molecule is Nc1ncnc(N2CCC(c3nc(-c4cccc(F)c4)cn3CCN3CCCC3)CC2)c1C1CCC1. The molecule has 0 radical (unpaired) electrons. The summed E-state index contributed by atoms with van der Waals surface area (Å²) < 4.78 is 16.3. The number of nitrogens with zero attached hydrogens (tertiary/aromatic N) is 6. The van der Waals surface area contributed by atoms with Gasteiger partial charge in [-0.2, -0.15) is 0 Å². The Labute approximate surface area is 212 Å². The molecule has 3 aromatic rings. The number of piperidine rings is 1. The van der Waals surface area contributed by atoms with Crippen molar-refractivity contribution in [3.05, 3.63) is 54.0 Å². The maximum Gasteiger partial charge on any atom is 0.137 e. The lowest BCUT2D eigenvalue weighted by Gasteiger charge is -2.36. The maximum absolute atomic E-state index is 14.0. The number of imidazole rings is 1. The van der Waals surface area contributed by atoms with Crippen molar-refractivity contribution in [2.24, 2.45) is 0 Å². The van der Waals surface area contributed by atoms with Gasteiger partial charge in [0.2, 0.25) is 0 Å². The average molecular weight is 490 g/mol. The fourth-order valence-electron chi connectivity index (χ4n) is 6.07. The van der Waals surface area contributed by atoms with E-state index < -0.39 is 0 Å². The van der Waals surface area contributed by atoms with Crippen LogP contribution in [0.15, 0.2) is 36.8 Å². The molecule has 3 aliphatic rings. The van der Waals surface area contributed by atoms with Crippen LogP contribution in [0.2, 0.25) is 0 Å². The molecule has 6 rings (SSSR count). The molecule has 36 heavy (non-hydrogen) atoms. The van der Waals surface area contributed by atoms with Crippen molar-refractivity contribution >= 4 is 11.6 Å². The van der Waals surface area contributed by atoms with Crippen molar-refractivity contribution in [1.29, 1.82) is 0 Å². The Morgan fingerprint density at radius 2 is 1.72 bits per heavy atom. The molecule has 190 valence electrons.